The molecule has 12 heavy (non-hydrogen) atoms. The second-order valence-corrected chi connectivity index (χ2v) is 3.65. The molecular weight excluding hydrogens is 174 g/mol. The summed E-state index contributed by atoms with van der Waals surface area (Å²) < 4.78 is 0. The summed E-state index contributed by atoms with van der Waals surface area (Å²) in [6.45, 7) is 0. The third-order valence-corrected chi connectivity index (χ3v) is 2.47. The summed E-state index contributed by atoms with van der Waals surface area (Å²) in [6, 6.07) is 5.40. The molecule has 0 aromatic heterocycles. The number of halogens is 1. The molecule has 1 aromatic rings. The van der Waals surface area contributed by atoms with Crippen LogP contribution in [0.2, 0.25) is 5.02 Å². The van der Waals surface area contributed by atoms with Crippen LogP contribution in [0.4, 0.5) is 0 Å². The Balaban J connectivity index is 2.33. The molecule has 2 atom stereocenters. The van der Waals surface area contributed by atoms with E-state index in [9.17, 15) is 5.11 Å². The summed E-state index contributed by atoms with van der Waals surface area (Å²) in [5, 5.41) is 10.0. The van der Waals surface area contributed by atoms with Gasteiger partial charge in [0.2, 0.25) is 0 Å². The topological polar surface area (TPSA) is 46.2 Å². The predicted octanol–water partition coefficient (Wildman–Crippen LogP) is 1.86. The van der Waals surface area contributed by atoms with Gasteiger partial charge in [-0.2, -0.15) is 0 Å². The van der Waals surface area contributed by atoms with Gasteiger partial charge in [-0.15, -0.1) is 0 Å². The molecule has 0 aliphatic heterocycles. The molecule has 64 valence electrons. The van der Waals surface area contributed by atoms with Crippen molar-refractivity contribution in [3.05, 3.63) is 28.8 Å². The largest absolute Gasteiger partial charge is 0.508 e. The minimum atomic E-state index is 0.220. The normalized spacial score (nSPS) is 27.2. The first-order valence-corrected chi connectivity index (χ1v) is 4.30. The monoisotopic (exact) mass is 183 g/mol. The molecule has 0 heterocycles. The van der Waals surface area contributed by atoms with Gasteiger partial charge in [0.15, 0.2) is 0 Å². The Morgan fingerprint density at radius 2 is 2.17 bits per heavy atom. The average molecular weight is 184 g/mol. The van der Waals surface area contributed by atoms with Crippen LogP contribution in [0.1, 0.15) is 17.9 Å². The number of hydrogen-bond acceptors (Lipinski definition) is 2. The third-order valence-electron chi connectivity index (χ3n) is 2.23. The summed E-state index contributed by atoms with van der Waals surface area (Å²) in [4.78, 5) is 0. The van der Waals surface area contributed by atoms with Gasteiger partial charge in [-0.25, -0.2) is 0 Å². The molecule has 1 aromatic carbocycles. The van der Waals surface area contributed by atoms with Crippen LogP contribution in [0.25, 0.3) is 0 Å². The highest BCUT2D eigenvalue weighted by atomic mass is 35.5. The van der Waals surface area contributed by atoms with E-state index in [0.29, 0.717) is 10.9 Å². The lowest BCUT2D eigenvalue weighted by molar-refractivity contribution is 0.468. The van der Waals surface area contributed by atoms with Gasteiger partial charge in [0, 0.05) is 17.0 Å². The fraction of sp³-hybridized carbons (Fsp3) is 0.333. The molecule has 1 fully saturated rings. The number of phenolic OH excluding ortho intramolecular Hbond substituents is 1. The van der Waals surface area contributed by atoms with Gasteiger partial charge in [-0.3, -0.25) is 0 Å². The maximum atomic E-state index is 9.48. The molecule has 0 saturated heterocycles. The molecule has 3 N–H and O–H groups in total. The Morgan fingerprint density at radius 1 is 1.50 bits per heavy atom. The molecule has 1 aliphatic carbocycles. The Hall–Kier alpha value is -0.730. The standard InChI is InChI=1S/C9H10ClNO/c10-5-1-2-6(9(12)3-5)7-4-8(7)11/h1-3,7-8,12H,4,11H2/t7-,8+/m0/s1. The van der Waals surface area contributed by atoms with Gasteiger partial charge in [0.05, 0.1) is 0 Å². The van der Waals surface area contributed by atoms with Crippen LogP contribution in [0.3, 0.4) is 0 Å². The van der Waals surface area contributed by atoms with Crippen molar-refractivity contribution in [1.82, 2.24) is 0 Å². The van der Waals surface area contributed by atoms with Gasteiger partial charge < -0.3 is 10.8 Å². The Kier molecular flexibility index (Phi) is 1.74. The highest BCUT2D eigenvalue weighted by molar-refractivity contribution is 6.30. The summed E-state index contributed by atoms with van der Waals surface area (Å²) in [5.41, 5.74) is 6.58. The molecule has 1 saturated carbocycles. The average Bonchev–Trinajstić information content (AvgIpc) is 2.66. The van der Waals surface area contributed by atoms with Crippen molar-refractivity contribution in [3.8, 4) is 5.75 Å². The first-order chi connectivity index (χ1) is 5.68. The van der Waals surface area contributed by atoms with E-state index in [1.165, 1.54) is 0 Å². The highest BCUT2D eigenvalue weighted by Crippen LogP contribution is 2.43. The fourth-order valence-electron chi connectivity index (χ4n) is 1.40. The molecular formula is C9H10ClNO. The van der Waals surface area contributed by atoms with Crippen LogP contribution in [0.15, 0.2) is 18.2 Å². The maximum Gasteiger partial charge on any atom is 0.120 e. The molecule has 1 aliphatic rings. The van der Waals surface area contributed by atoms with Crippen molar-refractivity contribution in [2.75, 3.05) is 0 Å². The maximum absolute atomic E-state index is 9.48. The van der Waals surface area contributed by atoms with Gasteiger partial charge >= 0.3 is 0 Å². The number of benzene rings is 1. The van der Waals surface area contributed by atoms with E-state index in [2.05, 4.69) is 0 Å². The van der Waals surface area contributed by atoms with Crippen molar-refractivity contribution in [1.29, 1.82) is 0 Å². The second kappa shape index (κ2) is 2.64. The van der Waals surface area contributed by atoms with Crippen molar-refractivity contribution >= 4 is 11.6 Å². The summed E-state index contributed by atoms with van der Waals surface area (Å²) in [6.07, 6.45) is 0.967. The van der Waals surface area contributed by atoms with E-state index in [1.807, 2.05) is 6.07 Å². The van der Waals surface area contributed by atoms with Crippen LogP contribution < -0.4 is 5.73 Å². The number of rotatable bonds is 1. The zero-order valence-electron chi connectivity index (χ0n) is 6.50. The molecule has 0 unspecified atom stereocenters. The molecule has 2 rings (SSSR count). The Labute approximate surface area is 76.0 Å². The van der Waals surface area contributed by atoms with Gasteiger partial charge in [-0.1, -0.05) is 17.7 Å². The van der Waals surface area contributed by atoms with Crippen molar-refractivity contribution < 1.29 is 5.11 Å². The number of aromatic hydroxyl groups is 1. The van der Waals surface area contributed by atoms with Gasteiger partial charge in [-0.05, 0) is 24.1 Å². The van der Waals surface area contributed by atoms with Gasteiger partial charge in [0.1, 0.15) is 5.75 Å². The summed E-state index contributed by atoms with van der Waals surface area (Å²) in [7, 11) is 0. The van der Waals surface area contributed by atoms with Crippen molar-refractivity contribution in [2.45, 2.75) is 18.4 Å². The molecule has 0 amide bonds. The summed E-state index contributed by atoms with van der Waals surface area (Å²) in [5.74, 6) is 0.600. The first kappa shape index (κ1) is 7.90. The number of nitrogens with two attached hydrogens (primary N) is 1. The fourth-order valence-corrected chi connectivity index (χ4v) is 1.57. The zero-order chi connectivity index (χ0) is 8.72. The number of hydrogen-bond donors (Lipinski definition) is 2. The van der Waals surface area contributed by atoms with Crippen molar-refractivity contribution in [3.63, 3.8) is 0 Å². The summed E-state index contributed by atoms with van der Waals surface area (Å²) >= 11 is 5.69. The Morgan fingerprint density at radius 3 is 2.67 bits per heavy atom. The second-order valence-electron chi connectivity index (χ2n) is 3.21. The van der Waals surface area contributed by atoms with Crippen molar-refractivity contribution in [2.24, 2.45) is 5.73 Å². The molecule has 3 heteroatoms. The van der Waals surface area contributed by atoms with Crippen LogP contribution >= 0.6 is 11.6 Å². The predicted molar refractivity (Wildman–Crippen MR) is 48.5 cm³/mol. The van der Waals surface area contributed by atoms with E-state index >= 15 is 0 Å². The lowest BCUT2D eigenvalue weighted by Gasteiger charge is -2.02. The van der Waals surface area contributed by atoms with E-state index in [0.717, 1.165) is 12.0 Å². The molecule has 0 bridgehead atoms. The number of phenols is 1. The molecule has 0 radical (unpaired) electrons. The van der Waals surface area contributed by atoms with Crippen LogP contribution in [0.5, 0.6) is 5.75 Å². The van der Waals surface area contributed by atoms with E-state index in [1.54, 1.807) is 12.1 Å². The van der Waals surface area contributed by atoms with E-state index in [4.69, 9.17) is 17.3 Å². The SMILES string of the molecule is N[C@@H]1C[C@H]1c1ccc(Cl)cc1O. The third kappa shape index (κ3) is 1.28. The van der Waals surface area contributed by atoms with Gasteiger partial charge in [0.25, 0.3) is 0 Å². The first-order valence-electron chi connectivity index (χ1n) is 3.92. The lowest BCUT2D eigenvalue weighted by Crippen LogP contribution is -2.00. The molecule has 2 nitrogen and oxygen atoms in total. The smallest absolute Gasteiger partial charge is 0.120 e. The van der Waals surface area contributed by atoms with E-state index in [-0.39, 0.29) is 11.8 Å². The van der Waals surface area contributed by atoms with E-state index < -0.39 is 0 Å². The quantitative estimate of drug-likeness (QED) is 0.698. The minimum absolute atomic E-state index is 0.220. The highest BCUT2D eigenvalue weighted by Gasteiger charge is 2.36. The van der Waals surface area contributed by atoms with Crippen LogP contribution in [-0.4, -0.2) is 11.1 Å². The lowest BCUT2D eigenvalue weighted by atomic mass is 10.1. The minimum Gasteiger partial charge on any atom is -0.508 e. The molecule has 0 spiro atoms. The van der Waals surface area contributed by atoms with Crippen LogP contribution in [0, 0.1) is 0 Å². The Bertz CT molecular complexity index is 313. The zero-order valence-corrected chi connectivity index (χ0v) is 7.25. The van der Waals surface area contributed by atoms with Crippen LogP contribution in [-0.2, 0) is 0 Å².